The van der Waals surface area contributed by atoms with Crippen molar-refractivity contribution in [3.8, 4) is 33.4 Å². The molecule has 2 bridgehead atoms. The topological polar surface area (TPSA) is 3.24 Å². The van der Waals surface area contributed by atoms with E-state index in [4.69, 9.17) is 0 Å². The molecule has 3 atom stereocenters. The molecule has 7 aromatic carbocycles. The van der Waals surface area contributed by atoms with Gasteiger partial charge in [-0.15, -0.1) is 0 Å². The summed E-state index contributed by atoms with van der Waals surface area (Å²) in [5.41, 5.74) is 17.1. The van der Waals surface area contributed by atoms with E-state index in [1.807, 2.05) is 0 Å². The summed E-state index contributed by atoms with van der Waals surface area (Å²) in [5.74, 6) is 3.14. The number of nitrogens with zero attached hydrogens (tertiary/aromatic N) is 1. The Morgan fingerprint density at radius 1 is 0.491 bits per heavy atom. The molecule has 0 aromatic heterocycles. The zero-order valence-corrected chi connectivity index (χ0v) is 33.6. The van der Waals surface area contributed by atoms with E-state index >= 15 is 0 Å². The molecular formula is C56H53N. The second kappa shape index (κ2) is 13.9. The standard InChI is InChI=1S/C56H53N/c1-56(2)52-18-10-9-17-47(52)51-35-50(43-24-22-40(23-25-43)38-12-5-3-6-13-38)55(36-53(51)56)57(46-30-28-42(29-31-46)48-33-37-20-21-45(48)32-37)54-19-11-16-41-26-27-44(34-49(41)54)39-14-7-4-8-15-39/h3,5-6,9-13,16-19,22-31,34-37,39,45,48H,4,7-8,14-15,20-21,32-33H2,1-2H3. The van der Waals surface area contributed by atoms with Gasteiger partial charge in [0.1, 0.15) is 0 Å². The lowest BCUT2D eigenvalue weighted by atomic mass is 9.81. The number of hydrogen-bond donors (Lipinski definition) is 0. The van der Waals surface area contributed by atoms with Gasteiger partial charge in [-0.3, -0.25) is 0 Å². The third-order valence-corrected chi connectivity index (χ3v) is 14.8. The van der Waals surface area contributed by atoms with Crippen LogP contribution in [0, 0.1) is 11.8 Å². The largest absolute Gasteiger partial charge is 0.309 e. The first-order valence-corrected chi connectivity index (χ1v) is 21.9. The van der Waals surface area contributed by atoms with Gasteiger partial charge in [0.05, 0.1) is 11.4 Å². The molecule has 282 valence electrons. The van der Waals surface area contributed by atoms with Crippen molar-refractivity contribution in [1.29, 1.82) is 0 Å². The third kappa shape index (κ3) is 5.96. The molecule has 4 aliphatic carbocycles. The molecule has 3 saturated carbocycles. The Labute approximate surface area is 339 Å². The first-order valence-electron chi connectivity index (χ1n) is 21.9. The van der Waals surface area contributed by atoms with Crippen LogP contribution in [-0.4, -0.2) is 0 Å². The van der Waals surface area contributed by atoms with Crippen molar-refractivity contribution in [2.45, 2.75) is 88.9 Å². The lowest BCUT2D eigenvalue weighted by Crippen LogP contribution is -2.17. The zero-order chi connectivity index (χ0) is 38.1. The van der Waals surface area contributed by atoms with Gasteiger partial charge in [0.15, 0.2) is 0 Å². The van der Waals surface area contributed by atoms with E-state index in [0.717, 1.165) is 11.8 Å². The van der Waals surface area contributed by atoms with Gasteiger partial charge in [-0.1, -0.05) is 155 Å². The van der Waals surface area contributed by atoms with Crippen LogP contribution in [0.15, 0.2) is 152 Å². The third-order valence-electron chi connectivity index (χ3n) is 14.8. The Kier molecular flexibility index (Phi) is 8.50. The Bertz CT molecular complexity index is 2590. The molecule has 3 unspecified atom stereocenters. The second-order valence-electron chi connectivity index (χ2n) is 18.3. The highest BCUT2D eigenvalue weighted by molar-refractivity contribution is 6.03. The van der Waals surface area contributed by atoms with Gasteiger partial charge in [0, 0.05) is 22.1 Å². The molecule has 0 amide bonds. The summed E-state index contributed by atoms with van der Waals surface area (Å²) >= 11 is 0. The summed E-state index contributed by atoms with van der Waals surface area (Å²) in [4.78, 5) is 2.62. The van der Waals surface area contributed by atoms with E-state index in [-0.39, 0.29) is 5.41 Å². The predicted molar refractivity (Wildman–Crippen MR) is 241 cm³/mol. The number of anilines is 3. The summed E-state index contributed by atoms with van der Waals surface area (Å²) in [5, 5.41) is 2.64. The monoisotopic (exact) mass is 739 g/mol. The van der Waals surface area contributed by atoms with E-state index in [9.17, 15) is 0 Å². The van der Waals surface area contributed by atoms with Crippen molar-refractivity contribution in [3.05, 3.63) is 174 Å². The molecule has 3 fully saturated rings. The SMILES string of the molecule is CC1(C)c2ccccc2-c2cc(-c3ccc(-c4ccccc4)cc3)c(N(c3ccc(C4CC5CCC4C5)cc3)c3cccc4ccc(C5CCCCC5)cc34)cc21. The van der Waals surface area contributed by atoms with Crippen molar-refractivity contribution in [3.63, 3.8) is 0 Å². The highest BCUT2D eigenvalue weighted by Crippen LogP contribution is 2.56. The van der Waals surface area contributed by atoms with Crippen LogP contribution in [0.5, 0.6) is 0 Å². The van der Waals surface area contributed by atoms with E-state index in [1.165, 1.54) is 141 Å². The molecule has 0 radical (unpaired) electrons. The van der Waals surface area contributed by atoms with Gasteiger partial charge >= 0.3 is 0 Å². The molecular weight excluding hydrogens is 687 g/mol. The normalized spacial score (nSPS) is 20.8. The highest BCUT2D eigenvalue weighted by Gasteiger charge is 2.40. The van der Waals surface area contributed by atoms with Crippen LogP contribution in [0.2, 0.25) is 0 Å². The van der Waals surface area contributed by atoms with Crippen molar-refractivity contribution in [1.82, 2.24) is 0 Å². The first-order chi connectivity index (χ1) is 28.0. The lowest BCUT2D eigenvalue weighted by Gasteiger charge is -2.32. The minimum atomic E-state index is -0.124. The fourth-order valence-corrected chi connectivity index (χ4v) is 11.7. The maximum atomic E-state index is 2.62. The number of fused-ring (bicyclic) bond motifs is 6. The summed E-state index contributed by atoms with van der Waals surface area (Å²) in [6.45, 7) is 4.83. The summed E-state index contributed by atoms with van der Waals surface area (Å²) < 4.78 is 0. The van der Waals surface area contributed by atoms with Gasteiger partial charge in [-0.2, -0.15) is 0 Å². The number of rotatable bonds is 7. The van der Waals surface area contributed by atoms with Gasteiger partial charge in [-0.05, 0) is 148 Å². The predicted octanol–water partition coefficient (Wildman–Crippen LogP) is 15.9. The van der Waals surface area contributed by atoms with Crippen LogP contribution in [0.3, 0.4) is 0 Å². The van der Waals surface area contributed by atoms with Crippen LogP contribution in [-0.2, 0) is 5.41 Å². The smallest absolute Gasteiger partial charge is 0.0543 e. The molecule has 4 aliphatic rings. The van der Waals surface area contributed by atoms with Gasteiger partial charge in [0.2, 0.25) is 0 Å². The van der Waals surface area contributed by atoms with Gasteiger partial charge < -0.3 is 4.90 Å². The Morgan fingerprint density at radius 2 is 1.23 bits per heavy atom. The average Bonchev–Trinajstić information content (AvgIpc) is 3.97. The number of hydrogen-bond acceptors (Lipinski definition) is 1. The average molecular weight is 740 g/mol. The van der Waals surface area contributed by atoms with Crippen LogP contribution >= 0.6 is 0 Å². The molecule has 0 heterocycles. The quantitative estimate of drug-likeness (QED) is 0.157. The summed E-state index contributed by atoms with van der Waals surface area (Å²) in [6.07, 6.45) is 12.3. The Balaban J connectivity index is 1.14. The molecule has 0 saturated heterocycles. The van der Waals surface area contributed by atoms with Gasteiger partial charge in [0.25, 0.3) is 0 Å². The van der Waals surface area contributed by atoms with Crippen LogP contribution in [0.1, 0.15) is 106 Å². The highest BCUT2D eigenvalue weighted by atomic mass is 15.1. The minimum absolute atomic E-state index is 0.124. The van der Waals surface area contributed by atoms with E-state index in [2.05, 4.69) is 170 Å². The fourth-order valence-electron chi connectivity index (χ4n) is 11.7. The fraction of sp³-hybridized carbons (Fsp3) is 0.286. The Hall–Kier alpha value is -5.40. The maximum Gasteiger partial charge on any atom is 0.0543 e. The Morgan fingerprint density at radius 3 is 2.00 bits per heavy atom. The van der Waals surface area contributed by atoms with Crippen molar-refractivity contribution in [2.75, 3.05) is 4.90 Å². The van der Waals surface area contributed by atoms with Crippen molar-refractivity contribution >= 4 is 27.8 Å². The van der Waals surface area contributed by atoms with E-state index in [1.54, 1.807) is 0 Å². The van der Waals surface area contributed by atoms with E-state index in [0.29, 0.717) is 11.8 Å². The molecule has 11 rings (SSSR count). The minimum Gasteiger partial charge on any atom is -0.309 e. The molecule has 0 N–H and O–H groups in total. The molecule has 1 nitrogen and oxygen atoms in total. The van der Waals surface area contributed by atoms with Crippen LogP contribution < -0.4 is 4.90 Å². The molecule has 0 aliphatic heterocycles. The van der Waals surface area contributed by atoms with Crippen molar-refractivity contribution < 1.29 is 0 Å². The lowest BCUT2D eigenvalue weighted by molar-refractivity contribution is 0.420. The molecule has 7 aromatic rings. The summed E-state index contributed by atoms with van der Waals surface area (Å²) in [7, 11) is 0. The maximum absolute atomic E-state index is 2.62. The first kappa shape index (κ1) is 34.8. The van der Waals surface area contributed by atoms with Crippen LogP contribution in [0.4, 0.5) is 17.1 Å². The van der Waals surface area contributed by atoms with Crippen molar-refractivity contribution in [2.24, 2.45) is 11.8 Å². The zero-order valence-electron chi connectivity index (χ0n) is 33.6. The second-order valence-corrected chi connectivity index (χ2v) is 18.3. The molecule has 1 heteroatoms. The number of benzene rings is 7. The van der Waals surface area contributed by atoms with E-state index < -0.39 is 0 Å². The molecule has 0 spiro atoms. The molecule has 57 heavy (non-hydrogen) atoms. The van der Waals surface area contributed by atoms with Gasteiger partial charge in [-0.25, -0.2) is 0 Å². The van der Waals surface area contributed by atoms with Crippen LogP contribution in [0.25, 0.3) is 44.2 Å². The summed E-state index contributed by atoms with van der Waals surface area (Å²) in [6, 6.07) is 58.4.